The first-order chi connectivity index (χ1) is 10.2. The highest BCUT2D eigenvalue weighted by Crippen LogP contribution is 2.29. The first-order valence-electron chi connectivity index (χ1n) is 7.39. The van der Waals surface area contributed by atoms with Gasteiger partial charge in [-0.15, -0.1) is 11.3 Å². The molecule has 0 radical (unpaired) electrons. The Balaban J connectivity index is 1.61. The van der Waals surface area contributed by atoms with E-state index < -0.39 is 0 Å². The average molecular weight is 303 g/mol. The summed E-state index contributed by atoms with van der Waals surface area (Å²) in [4.78, 5) is 6.91. The zero-order chi connectivity index (χ0) is 14.7. The van der Waals surface area contributed by atoms with Gasteiger partial charge in [0.25, 0.3) is 0 Å². The molecule has 5 heteroatoms. The SMILES string of the molecule is Cc1nc(-c2ccc(OCCN3CCCC3)c(N)c2)cs1. The zero-order valence-electron chi connectivity index (χ0n) is 12.3. The summed E-state index contributed by atoms with van der Waals surface area (Å²) >= 11 is 1.65. The lowest BCUT2D eigenvalue weighted by atomic mass is 10.1. The minimum atomic E-state index is 0.680. The lowest BCUT2D eigenvalue weighted by Crippen LogP contribution is -2.25. The van der Waals surface area contributed by atoms with Gasteiger partial charge in [-0.1, -0.05) is 0 Å². The van der Waals surface area contributed by atoms with Crippen molar-refractivity contribution in [3.05, 3.63) is 28.6 Å². The Morgan fingerprint density at radius 3 is 2.81 bits per heavy atom. The normalized spacial score (nSPS) is 15.5. The van der Waals surface area contributed by atoms with Gasteiger partial charge in [0.05, 0.1) is 16.4 Å². The van der Waals surface area contributed by atoms with Gasteiger partial charge in [-0.05, 0) is 51.1 Å². The highest BCUT2D eigenvalue weighted by molar-refractivity contribution is 7.09. The van der Waals surface area contributed by atoms with Crippen molar-refractivity contribution in [2.75, 3.05) is 32.0 Å². The summed E-state index contributed by atoms with van der Waals surface area (Å²) in [7, 11) is 0. The van der Waals surface area contributed by atoms with Crippen molar-refractivity contribution in [1.29, 1.82) is 0 Å². The second kappa shape index (κ2) is 6.45. The Morgan fingerprint density at radius 1 is 1.33 bits per heavy atom. The molecule has 0 saturated carbocycles. The van der Waals surface area contributed by atoms with Crippen LogP contribution in [-0.4, -0.2) is 36.1 Å². The molecule has 1 aromatic heterocycles. The van der Waals surface area contributed by atoms with Crippen molar-refractivity contribution in [3.63, 3.8) is 0 Å². The van der Waals surface area contributed by atoms with Gasteiger partial charge in [0, 0.05) is 17.5 Å². The van der Waals surface area contributed by atoms with Crippen LogP contribution in [0.25, 0.3) is 11.3 Å². The number of hydrogen-bond acceptors (Lipinski definition) is 5. The Kier molecular flexibility index (Phi) is 4.41. The maximum Gasteiger partial charge on any atom is 0.142 e. The molecule has 0 atom stereocenters. The van der Waals surface area contributed by atoms with E-state index in [0.29, 0.717) is 12.3 Å². The zero-order valence-corrected chi connectivity index (χ0v) is 13.2. The first-order valence-corrected chi connectivity index (χ1v) is 8.27. The Hall–Kier alpha value is -1.59. The summed E-state index contributed by atoms with van der Waals surface area (Å²) in [6, 6.07) is 5.92. The fourth-order valence-corrected chi connectivity index (χ4v) is 3.25. The molecule has 21 heavy (non-hydrogen) atoms. The second-order valence-corrected chi connectivity index (χ2v) is 6.46. The van der Waals surface area contributed by atoms with Crippen molar-refractivity contribution in [2.24, 2.45) is 0 Å². The van der Waals surface area contributed by atoms with E-state index in [4.69, 9.17) is 10.5 Å². The van der Waals surface area contributed by atoms with Crippen LogP contribution in [0.3, 0.4) is 0 Å². The van der Waals surface area contributed by atoms with Crippen LogP contribution in [0, 0.1) is 6.92 Å². The summed E-state index contributed by atoms with van der Waals surface area (Å²) < 4.78 is 5.81. The van der Waals surface area contributed by atoms with E-state index in [0.717, 1.165) is 28.6 Å². The topological polar surface area (TPSA) is 51.4 Å². The van der Waals surface area contributed by atoms with Crippen LogP contribution >= 0.6 is 11.3 Å². The number of nitrogens with zero attached hydrogens (tertiary/aromatic N) is 2. The van der Waals surface area contributed by atoms with E-state index in [1.54, 1.807) is 11.3 Å². The van der Waals surface area contributed by atoms with E-state index in [-0.39, 0.29) is 0 Å². The Bertz CT molecular complexity index is 605. The van der Waals surface area contributed by atoms with Crippen molar-refractivity contribution in [1.82, 2.24) is 9.88 Å². The van der Waals surface area contributed by atoms with Gasteiger partial charge in [-0.25, -0.2) is 4.98 Å². The summed E-state index contributed by atoms with van der Waals surface area (Å²) in [5.41, 5.74) is 8.80. The Labute approximate surface area is 129 Å². The highest BCUT2D eigenvalue weighted by atomic mass is 32.1. The summed E-state index contributed by atoms with van der Waals surface area (Å²) in [6.45, 7) is 6.07. The lowest BCUT2D eigenvalue weighted by Gasteiger charge is -2.16. The molecule has 3 rings (SSSR count). The number of ether oxygens (including phenoxy) is 1. The van der Waals surface area contributed by atoms with Crippen molar-refractivity contribution in [3.8, 4) is 17.0 Å². The van der Waals surface area contributed by atoms with Crippen LogP contribution in [0.5, 0.6) is 5.75 Å². The predicted molar refractivity (Wildman–Crippen MR) is 87.9 cm³/mol. The molecule has 2 heterocycles. The van der Waals surface area contributed by atoms with Crippen LogP contribution in [0.15, 0.2) is 23.6 Å². The molecule has 0 amide bonds. The fraction of sp³-hybridized carbons (Fsp3) is 0.438. The van der Waals surface area contributed by atoms with Crippen LogP contribution in [0.2, 0.25) is 0 Å². The monoisotopic (exact) mass is 303 g/mol. The van der Waals surface area contributed by atoms with Gasteiger partial charge in [0.1, 0.15) is 12.4 Å². The number of nitrogen functional groups attached to an aromatic ring is 1. The van der Waals surface area contributed by atoms with Gasteiger partial charge in [0.15, 0.2) is 0 Å². The second-order valence-electron chi connectivity index (χ2n) is 5.40. The van der Waals surface area contributed by atoms with Gasteiger partial charge in [0.2, 0.25) is 0 Å². The van der Waals surface area contributed by atoms with E-state index in [1.807, 2.05) is 25.1 Å². The number of benzene rings is 1. The molecule has 0 spiro atoms. The number of rotatable bonds is 5. The molecule has 1 fully saturated rings. The lowest BCUT2D eigenvalue weighted by molar-refractivity contribution is 0.238. The number of likely N-dealkylation sites (tertiary alicyclic amines) is 1. The fourth-order valence-electron chi connectivity index (χ4n) is 2.63. The third kappa shape index (κ3) is 3.54. The number of aryl methyl sites for hydroxylation is 1. The molecular formula is C16H21N3OS. The minimum Gasteiger partial charge on any atom is -0.490 e. The molecule has 1 saturated heterocycles. The molecule has 1 aliphatic heterocycles. The van der Waals surface area contributed by atoms with Crippen LogP contribution in [-0.2, 0) is 0 Å². The molecule has 0 aliphatic carbocycles. The summed E-state index contributed by atoms with van der Waals surface area (Å²) in [5, 5.41) is 3.12. The molecular weight excluding hydrogens is 282 g/mol. The maximum atomic E-state index is 6.10. The van der Waals surface area contributed by atoms with E-state index >= 15 is 0 Å². The van der Waals surface area contributed by atoms with Crippen LogP contribution in [0.4, 0.5) is 5.69 Å². The minimum absolute atomic E-state index is 0.680. The maximum absolute atomic E-state index is 6.10. The standard InChI is InChI=1S/C16H21N3OS/c1-12-18-15(11-21-12)13-4-5-16(14(17)10-13)20-9-8-19-6-2-3-7-19/h4-5,10-11H,2-3,6-9,17H2,1H3. The first kappa shape index (κ1) is 14.4. The average Bonchev–Trinajstić information content (AvgIpc) is 3.12. The molecule has 0 unspecified atom stereocenters. The van der Waals surface area contributed by atoms with Crippen molar-refractivity contribution >= 4 is 17.0 Å². The highest BCUT2D eigenvalue weighted by Gasteiger charge is 2.11. The largest absolute Gasteiger partial charge is 0.490 e. The van der Waals surface area contributed by atoms with Crippen molar-refractivity contribution < 1.29 is 4.74 Å². The number of nitrogens with two attached hydrogens (primary N) is 1. The molecule has 4 nitrogen and oxygen atoms in total. The molecule has 1 aliphatic rings. The number of anilines is 1. The quantitative estimate of drug-likeness (QED) is 0.862. The number of thiazole rings is 1. The van der Waals surface area contributed by atoms with Gasteiger partial charge < -0.3 is 10.5 Å². The third-order valence-corrected chi connectivity index (χ3v) is 4.56. The van der Waals surface area contributed by atoms with E-state index in [1.165, 1.54) is 25.9 Å². The van der Waals surface area contributed by atoms with Crippen molar-refractivity contribution in [2.45, 2.75) is 19.8 Å². The predicted octanol–water partition coefficient (Wildman–Crippen LogP) is 3.18. The van der Waals surface area contributed by atoms with Gasteiger partial charge in [-0.3, -0.25) is 4.90 Å². The molecule has 1 aromatic carbocycles. The molecule has 2 N–H and O–H groups in total. The van der Waals surface area contributed by atoms with Crippen LogP contribution < -0.4 is 10.5 Å². The van der Waals surface area contributed by atoms with Crippen LogP contribution in [0.1, 0.15) is 17.8 Å². The molecule has 112 valence electrons. The van der Waals surface area contributed by atoms with E-state index in [2.05, 4.69) is 15.3 Å². The summed E-state index contributed by atoms with van der Waals surface area (Å²) in [6.07, 6.45) is 2.62. The smallest absolute Gasteiger partial charge is 0.142 e. The third-order valence-electron chi connectivity index (χ3n) is 3.79. The summed E-state index contributed by atoms with van der Waals surface area (Å²) in [5.74, 6) is 0.768. The number of hydrogen-bond donors (Lipinski definition) is 1. The number of aromatic nitrogens is 1. The van der Waals surface area contributed by atoms with Gasteiger partial charge >= 0.3 is 0 Å². The molecule has 2 aromatic rings. The Morgan fingerprint density at radius 2 is 2.14 bits per heavy atom. The molecule has 0 bridgehead atoms. The van der Waals surface area contributed by atoms with E-state index in [9.17, 15) is 0 Å². The van der Waals surface area contributed by atoms with Gasteiger partial charge in [-0.2, -0.15) is 0 Å².